The normalized spacial score (nSPS) is 14.3. The van der Waals surface area contributed by atoms with E-state index in [0.717, 1.165) is 11.5 Å². The molecule has 0 amide bonds. The van der Waals surface area contributed by atoms with Crippen LogP contribution in [-0.4, -0.2) is 17.4 Å². The van der Waals surface area contributed by atoms with Crippen LogP contribution in [0.15, 0.2) is 36.4 Å². The predicted octanol–water partition coefficient (Wildman–Crippen LogP) is 5.22. The zero-order chi connectivity index (χ0) is 16.8. The van der Waals surface area contributed by atoms with Crippen LogP contribution in [0.3, 0.4) is 0 Å². The lowest BCUT2D eigenvalue weighted by Gasteiger charge is -2.21. The lowest BCUT2D eigenvalue weighted by Crippen LogP contribution is -2.04. The lowest BCUT2D eigenvalue weighted by molar-refractivity contribution is -0.122. The van der Waals surface area contributed by atoms with E-state index in [1.807, 2.05) is 32.9 Å². The van der Waals surface area contributed by atoms with E-state index < -0.39 is 0 Å². The van der Waals surface area contributed by atoms with Gasteiger partial charge in [-0.1, -0.05) is 63.5 Å². The number of hydrogen-bond donors (Lipinski definition) is 1. The average Bonchev–Trinajstić information content (AvgIpc) is 2.59. The molecule has 1 aliphatic carbocycles. The number of benzene rings is 1. The van der Waals surface area contributed by atoms with Crippen molar-refractivity contribution in [2.24, 2.45) is 0 Å². The summed E-state index contributed by atoms with van der Waals surface area (Å²) in [5.74, 6) is 0.817. The number of rotatable bonds is 3. The second-order valence-corrected chi connectivity index (χ2v) is 4.93. The fourth-order valence-electron chi connectivity index (χ4n) is 2.60. The maximum absolute atomic E-state index is 11.6. The Hall–Kier alpha value is -1.90. The van der Waals surface area contributed by atoms with Crippen LogP contribution in [0, 0.1) is 0 Å². The first-order valence-electron chi connectivity index (χ1n) is 8.07. The number of allylic oxidation sites excluding steroid dienone is 2. The first-order valence-corrected chi connectivity index (χ1v) is 8.07. The summed E-state index contributed by atoms with van der Waals surface area (Å²) in [6.07, 6.45) is 10.1. The third kappa shape index (κ3) is 7.21. The molecule has 1 saturated carbocycles. The number of carbonyl (C=O) groups is 2. The highest BCUT2D eigenvalue weighted by Gasteiger charge is 2.15. The molecule has 3 heteroatoms. The number of carboxylic acid groups (broad SMARTS) is 1. The van der Waals surface area contributed by atoms with Crippen molar-refractivity contribution in [3.8, 4) is 0 Å². The van der Waals surface area contributed by atoms with Crippen LogP contribution >= 0.6 is 0 Å². The summed E-state index contributed by atoms with van der Waals surface area (Å²) in [7, 11) is 0. The first-order chi connectivity index (χ1) is 10.7. The Balaban J connectivity index is 0.000000789. The molecule has 2 rings (SSSR count). The monoisotopic (exact) mass is 304 g/mol. The van der Waals surface area contributed by atoms with Crippen LogP contribution in [0.1, 0.15) is 74.7 Å². The molecule has 3 nitrogen and oxygen atoms in total. The van der Waals surface area contributed by atoms with Gasteiger partial charge in [-0.25, -0.2) is 0 Å². The second kappa shape index (κ2) is 12.8. The highest BCUT2D eigenvalue weighted by atomic mass is 16.3. The minimum atomic E-state index is -0.250. The molecule has 122 valence electrons. The van der Waals surface area contributed by atoms with E-state index in [0.29, 0.717) is 0 Å². The number of hydrogen-bond acceptors (Lipinski definition) is 2. The van der Waals surface area contributed by atoms with Gasteiger partial charge in [0.25, 0.3) is 6.47 Å². The van der Waals surface area contributed by atoms with Gasteiger partial charge in [0.15, 0.2) is 5.78 Å². The number of carbonyl (C=O) groups excluding carboxylic acids is 1. The third-order valence-corrected chi connectivity index (χ3v) is 3.59. The summed E-state index contributed by atoms with van der Waals surface area (Å²) in [6, 6.07) is 8.19. The van der Waals surface area contributed by atoms with Gasteiger partial charge in [-0.05, 0) is 37.3 Å². The first kappa shape index (κ1) is 20.1. The van der Waals surface area contributed by atoms with Crippen LogP contribution in [0.5, 0.6) is 0 Å². The van der Waals surface area contributed by atoms with Crippen molar-refractivity contribution in [2.45, 2.75) is 58.8 Å². The summed E-state index contributed by atoms with van der Waals surface area (Å²) in [5, 5.41) is 6.89. The minimum absolute atomic E-state index is 0.0997. The molecule has 1 aliphatic rings. The molecule has 1 N–H and O–H groups in total. The summed E-state index contributed by atoms with van der Waals surface area (Å²) in [6.45, 7) is 5.62. The maximum Gasteiger partial charge on any atom is 0.290 e. The van der Waals surface area contributed by atoms with Gasteiger partial charge in [0, 0.05) is 5.56 Å². The van der Waals surface area contributed by atoms with Crippen LogP contribution in [-0.2, 0) is 4.79 Å². The van der Waals surface area contributed by atoms with Gasteiger partial charge < -0.3 is 5.11 Å². The largest absolute Gasteiger partial charge is 0.483 e. The van der Waals surface area contributed by atoms with Gasteiger partial charge >= 0.3 is 0 Å². The topological polar surface area (TPSA) is 54.4 Å². The molecule has 22 heavy (non-hydrogen) atoms. The average molecular weight is 304 g/mol. The quantitative estimate of drug-likeness (QED) is 0.473. The molecule has 0 heterocycles. The SMILES string of the molecule is C/C=C/C(=O)c1ccc(C2CCCCC2)cc1.CC.O=CO. The molecule has 1 fully saturated rings. The molecule has 0 spiro atoms. The van der Waals surface area contributed by atoms with Crippen LogP contribution in [0.4, 0.5) is 0 Å². The third-order valence-electron chi connectivity index (χ3n) is 3.59. The van der Waals surface area contributed by atoms with E-state index in [1.54, 1.807) is 12.2 Å². The van der Waals surface area contributed by atoms with E-state index in [1.165, 1.54) is 37.7 Å². The summed E-state index contributed by atoms with van der Waals surface area (Å²) in [4.78, 5) is 20.0. The molecule has 0 radical (unpaired) electrons. The Bertz CT molecular complexity index is 440. The molecule has 0 bridgehead atoms. The Labute approximate surface area is 134 Å². The lowest BCUT2D eigenvalue weighted by atomic mass is 9.84. The van der Waals surface area contributed by atoms with Crippen LogP contribution in [0.25, 0.3) is 0 Å². The molecular weight excluding hydrogens is 276 g/mol. The van der Waals surface area contributed by atoms with E-state index in [4.69, 9.17) is 9.90 Å². The van der Waals surface area contributed by atoms with Gasteiger partial charge in [0.1, 0.15) is 0 Å². The zero-order valence-corrected chi connectivity index (χ0v) is 13.9. The summed E-state index contributed by atoms with van der Waals surface area (Å²) < 4.78 is 0. The Morgan fingerprint density at radius 3 is 2.05 bits per heavy atom. The fraction of sp³-hybridized carbons (Fsp3) is 0.474. The van der Waals surface area contributed by atoms with Crippen LogP contribution in [0.2, 0.25) is 0 Å². The van der Waals surface area contributed by atoms with Crippen molar-refractivity contribution in [3.63, 3.8) is 0 Å². The van der Waals surface area contributed by atoms with Crippen LogP contribution < -0.4 is 0 Å². The van der Waals surface area contributed by atoms with Crippen molar-refractivity contribution in [1.82, 2.24) is 0 Å². The summed E-state index contributed by atoms with van der Waals surface area (Å²) in [5.41, 5.74) is 2.20. The molecule has 0 saturated heterocycles. The highest BCUT2D eigenvalue weighted by Crippen LogP contribution is 2.32. The molecule has 0 unspecified atom stereocenters. The van der Waals surface area contributed by atoms with Crippen molar-refractivity contribution >= 4 is 12.3 Å². The van der Waals surface area contributed by atoms with Crippen molar-refractivity contribution in [1.29, 1.82) is 0 Å². The molecule has 0 atom stereocenters. The van der Waals surface area contributed by atoms with Crippen molar-refractivity contribution < 1.29 is 14.7 Å². The Morgan fingerprint density at radius 1 is 1.09 bits per heavy atom. The predicted molar refractivity (Wildman–Crippen MR) is 91.5 cm³/mol. The summed E-state index contributed by atoms with van der Waals surface area (Å²) >= 11 is 0. The van der Waals surface area contributed by atoms with Crippen molar-refractivity contribution in [3.05, 3.63) is 47.5 Å². The standard InChI is InChI=1S/C16H20O.C2H6.CH2O2/c1-2-6-16(17)15-11-9-14(10-12-15)13-7-4-3-5-8-13;1-2;2-1-3/h2,6,9-13H,3-5,7-8H2,1H3;1-2H3;1H,(H,2,3)/b6-2+;;. The van der Waals surface area contributed by atoms with Gasteiger partial charge in [0.2, 0.25) is 0 Å². The molecular formula is C19H28O3. The fourth-order valence-corrected chi connectivity index (χ4v) is 2.60. The molecule has 0 aromatic heterocycles. The van der Waals surface area contributed by atoms with Gasteiger partial charge in [-0.2, -0.15) is 0 Å². The Morgan fingerprint density at radius 2 is 1.59 bits per heavy atom. The van der Waals surface area contributed by atoms with Crippen molar-refractivity contribution in [2.75, 3.05) is 0 Å². The smallest absolute Gasteiger partial charge is 0.290 e. The maximum atomic E-state index is 11.6. The van der Waals surface area contributed by atoms with E-state index in [9.17, 15) is 4.79 Å². The van der Waals surface area contributed by atoms with Gasteiger partial charge in [0.05, 0.1) is 0 Å². The zero-order valence-electron chi connectivity index (χ0n) is 13.9. The van der Waals surface area contributed by atoms with Gasteiger partial charge in [-0.15, -0.1) is 0 Å². The van der Waals surface area contributed by atoms with E-state index in [-0.39, 0.29) is 12.3 Å². The molecule has 1 aromatic carbocycles. The van der Waals surface area contributed by atoms with E-state index >= 15 is 0 Å². The second-order valence-electron chi connectivity index (χ2n) is 4.93. The van der Waals surface area contributed by atoms with E-state index in [2.05, 4.69) is 12.1 Å². The number of ketones is 1. The minimum Gasteiger partial charge on any atom is -0.483 e. The Kier molecular flexibility index (Phi) is 11.7. The molecule has 0 aliphatic heterocycles. The highest BCUT2D eigenvalue weighted by molar-refractivity contribution is 6.04. The van der Waals surface area contributed by atoms with Gasteiger partial charge in [-0.3, -0.25) is 9.59 Å². The molecule has 1 aromatic rings.